The molecule has 1 heterocycles. The summed E-state index contributed by atoms with van der Waals surface area (Å²) in [5.41, 5.74) is 0.834. The van der Waals surface area contributed by atoms with Crippen molar-refractivity contribution in [2.45, 2.75) is 13.0 Å². The second kappa shape index (κ2) is 3.64. The van der Waals surface area contributed by atoms with Crippen molar-refractivity contribution in [1.82, 2.24) is 0 Å². The molecule has 1 aromatic rings. The number of halogens is 1. The van der Waals surface area contributed by atoms with Crippen LogP contribution >= 0.6 is 11.6 Å². The Morgan fingerprint density at radius 2 is 2.40 bits per heavy atom. The van der Waals surface area contributed by atoms with Gasteiger partial charge in [-0.05, 0) is 6.07 Å². The number of hydrogen-bond donors (Lipinski definition) is 1. The Hall–Kier alpha value is -0.470. The molecule has 2 nitrogen and oxygen atoms in total. The maximum atomic E-state index is 8.73. The lowest BCUT2D eigenvalue weighted by Gasteiger charge is -1.93. The summed E-state index contributed by atoms with van der Waals surface area (Å²) in [6, 6.07) is 1.75. The molecule has 0 saturated carbocycles. The Labute approximate surface area is 64.4 Å². The lowest BCUT2D eigenvalue weighted by Crippen LogP contribution is -1.89. The first kappa shape index (κ1) is 7.63. The first-order valence-electron chi connectivity index (χ1n) is 3.10. The average molecular weight is 161 g/mol. The zero-order chi connectivity index (χ0) is 7.40. The summed E-state index contributed by atoms with van der Waals surface area (Å²) < 4.78 is 5.05. The molecule has 0 bridgehead atoms. The topological polar surface area (TPSA) is 33.4 Å². The molecule has 0 saturated heterocycles. The van der Waals surface area contributed by atoms with Crippen molar-refractivity contribution in [3.05, 3.63) is 23.7 Å². The standard InChI is InChI=1S/C7H9ClO2/c8-3-1-7-6(5-9)2-4-10-7/h2,4,9H,1,3,5H2. The van der Waals surface area contributed by atoms with Crippen LogP contribution in [0.4, 0.5) is 0 Å². The highest BCUT2D eigenvalue weighted by atomic mass is 35.5. The minimum atomic E-state index is 0.0305. The van der Waals surface area contributed by atoms with Gasteiger partial charge >= 0.3 is 0 Å². The van der Waals surface area contributed by atoms with E-state index in [0.29, 0.717) is 12.3 Å². The molecule has 0 aliphatic rings. The molecule has 0 fully saturated rings. The lowest BCUT2D eigenvalue weighted by molar-refractivity contribution is 0.278. The second-order valence-corrected chi connectivity index (χ2v) is 2.34. The third-order valence-corrected chi connectivity index (χ3v) is 1.52. The van der Waals surface area contributed by atoms with Gasteiger partial charge in [-0.3, -0.25) is 0 Å². The van der Waals surface area contributed by atoms with E-state index in [1.807, 2.05) is 0 Å². The van der Waals surface area contributed by atoms with Crippen LogP contribution in [0.15, 0.2) is 16.7 Å². The van der Waals surface area contributed by atoms with Crippen LogP contribution in [0, 0.1) is 0 Å². The Morgan fingerprint density at radius 3 is 3.00 bits per heavy atom. The summed E-state index contributed by atoms with van der Waals surface area (Å²) in [7, 11) is 0. The van der Waals surface area contributed by atoms with E-state index in [0.717, 1.165) is 11.3 Å². The minimum absolute atomic E-state index is 0.0305. The van der Waals surface area contributed by atoms with Crippen molar-refractivity contribution in [3.8, 4) is 0 Å². The fraction of sp³-hybridized carbons (Fsp3) is 0.429. The first-order valence-corrected chi connectivity index (χ1v) is 3.64. The van der Waals surface area contributed by atoms with E-state index in [9.17, 15) is 0 Å². The number of rotatable bonds is 3. The van der Waals surface area contributed by atoms with Gasteiger partial charge in [0.15, 0.2) is 0 Å². The molecule has 10 heavy (non-hydrogen) atoms. The molecule has 0 aromatic carbocycles. The van der Waals surface area contributed by atoms with Gasteiger partial charge in [0.2, 0.25) is 0 Å². The van der Waals surface area contributed by atoms with E-state index < -0.39 is 0 Å². The molecule has 1 N–H and O–H groups in total. The van der Waals surface area contributed by atoms with E-state index in [1.165, 1.54) is 0 Å². The molecule has 1 aromatic heterocycles. The highest BCUT2D eigenvalue weighted by Gasteiger charge is 2.02. The Balaban J connectivity index is 2.70. The molecule has 0 amide bonds. The number of aliphatic hydroxyl groups is 1. The van der Waals surface area contributed by atoms with Gasteiger partial charge in [0.1, 0.15) is 5.76 Å². The number of furan rings is 1. The summed E-state index contributed by atoms with van der Waals surface area (Å²) in [6.07, 6.45) is 2.25. The lowest BCUT2D eigenvalue weighted by atomic mass is 10.2. The van der Waals surface area contributed by atoms with Crippen molar-refractivity contribution >= 4 is 11.6 Å². The van der Waals surface area contributed by atoms with Gasteiger partial charge in [-0.1, -0.05) is 0 Å². The molecule has 0 unspecified atom stereocenters. The molecule has 0 aliphatic heterocycles. The van der Waals surface area contributed by atoms with Gasteiger partial charge in [-0.15, -0.1) is 11.6 Å². The first-order chi connectivity index (χ1) is 4.88. The fourth-order valence-electron chi connectivity index (χ4n) is 0.813. The number of aryl methyl sites for hydroxylation is 1. The average Bonchev–Trinajstić information content (AvgIpc) is 2.36. The third kappa shape index (κ3) is 1.52. The summed E-state index contributed by atoms with van der Waals surface area (Å²) in [5, 5.41) is 8.73. The maximum absolute atomic E-state index is 8.73. The summed E-state index contributed by atoms with van der Waals surface area (Å²) >= 11 is 5.48. The summed E-state index contributed by atoms with van der Waals surface area (Å²) in [5.74, 6) is 1.32. The molecule has 0 spiro atoms. The zero-order valence-electron chi connectivity index (χ0n) is 5.51. The van der Waals surface area contributed by atoms with Gasteiger partial charge in [0.05, 0.1) is 12.9 Å². The molecule has 0 atom stereocenters. The molecular weight excluding hydrogens is 152 g/mol. The fourth-order valence-corrected chi connectivity index (χ4v) is 0.985. The zero-order valence-corrected chi connectivity index (χ0v) is 6.27. The van der Waals surface area contributed by atoms with E-state index in [-0.39, 0.29) is 6.61 Å². The van der Waals surface area contributed by atoms with Crippen LogP contribution in [0.25, 0.3) is 0 Å². The van der Waals surface area contributed by atoms with Gasteiger partial charge in [-0.25, -0.2) is 0 Å². The predicted octanol–water partition coefficient (Wildman–Crippen LogP) is 1.55. The van der Waals surface area contributed by atoms with Gasteiger partial charge < -0.3 is 9.52 Å². The van der Waals surface area contributed by atoms with Gasteiger partial charge in [0.25, 0.3) is 0 Å². The summed E-state index contributed by atoms with van der Waals surface area (Å²) in [4.78, 5) is 0. The maximum Gasteiger partial charge on any atom is 0.110 e. The predicted molar refractivity (Wildman–Crippen MR) is 39.1 cm³/mol. The Kier molecular flexibility index (Phi) is 2.78. The van der Waals surface area contributed by atoms with Crippen LogP contribution < -0.4 is 0 Å². The van der Waals surface area contributed by atoms with Crippen molar-refractivity contribution in [2.75, 3.05) is 5.88 Å². The smallest absolute Gasteiger partial charge is 0.110 e. The third-order valence-electron chi connectivity index (χ3n) is 1.33. The number of hydrogen-bond acceptors (Lipinski definition) is 2. The molecule has 3 heteroatoms. The van der Waals surface area contributed by atoms with Crippen LogP contribution in [0.2, 0.25) is 0 Å². The summed E-state index contributed by atoms with van der Waals surface area (Å²) in [6.45, 7) is 0.0305. The number of aliphatic hydroxyl groups excluding tert-OH is 1. The van der Waals surface area contributed by atoms with Crippen LogP contribution in [0.3, 0.4) is 0 Å². The van der Waals surface area contributed by atoms with Crippen molar-refractivity contribution in [2.24, 2.45) is 0 Å². The highest BCUT2D eigenvalue weighted by Crippen LogP contribution is 2.11. The van der Waals surface area contributed by atoms with E-state index in [1.54, 1.807) is 12.3 Å². The molecule has 0 aliphatic carbocycles. The van der Waals surface area contributed by atoms with Crippen LogP contribution in [0.1, 0.15) is 11.3 Å². The molecular formula is C7H9ClO2. The molecule has 0 radical (unpaired) electrons. The normalized spacial score (nSPS) is 10.2. The van der Waals surface area contributed by atoms with Crippen LogP contribution in [-0.2, 0) is 13.0 Å². The van der Waals surface area contributed by atoms with E-state index in [4.69, 9.17) is 21.1 Å². The second-order valence-electron chi connectivity index (χ2n) is 1.97. The Bertz CT molecular complexity index is 195. The van der Waals surface area contributed by atoms with Crippen molar-refractivity contribution in [3.63, 3.8) is 0 Å². The molecule has 1 rings (SSSR count). The number of alkyl halides is 1. The van der Waals surface area contributed by atoms with Crippen LogP contribution in [-0.4, -0.2) is 11.0 Å². The Morgan fingerprint density at radius 1 is 1.60 bits per heavy atom. The highest BCUT2D eigenvalue weighted by molar-refractivity contribution is 6.17. The van der Waals surface area contributed by atoms with E-state index >= 15 is 0 Å². The van der Waals surface area contributed by atoms with Crippen LogP contribution in [0.5, 0.6) is 0 Å². The monoisotopic (exact) mass is 160 g/mol. The molecule has 56 valence electrons. The SMILES string of the molecule is OCc1ccoc1CCCl. The quantitative estimate of drug-likeness (QED) is 0.681. The van der Waals surface area contributed by atoms with E-state index in [2.05, 4.69) is 0 Å². The van der Waals surface area contributed by atoms with Gasteiger partial charge in [-0.2, -0.15) is 0 Å². The van der Waals surface area contributed by atoms with Crippen molar-refractivity contribution in [1.29, 1.82) is 0 Å². The van der Waals surface area contributed by atoms with Gasteiger partial charge in [0, 0.05) is 17.9 Å². The largest absolute Gasteiger partial charge is 0.469 e. The van der Waals surface area contributed by atoms with Crippen molar-refractivity contribution < 1.29 is 9.52 Å². The minimum Gasteiger partial charge on any atom is -0.469 e.